The molecule has 0 spiro atoms. The Balaban J connectivity index is 1.66. The summed E-state index contributed by atoms with van der Waals surface area (Å²) in [6.07, 6.45) is 1.75. The molecular weight excluding hydrogens is 440 g/mol. The lowest BCUT2D eigenvalue weighted by Crippen LogP contribution is -2.34. The summed E-state index contributed by atoms with van der Waals surface area (Å²) >= 11 is 0. The molecule has 0 saturated heterocycles. The number of carbonyl (C=O) groups is 1. The van der Waals surface area contributed by atoms with E-state index in [1.807, 2.05) is 76.2 Å². The summed E-state index contributed by atoms with van der Waals surface area (Å²) in [6.45, 7) is 5.99. The maximum Gasteiger partial charge on any atom is 0.242 e. The Hall–Kier alpha value is -3.80. The van der Waals surface area contributed by atoms with Gasteiger partial charge in [-0.25, -0.2) is 0 Å². The summed E-state index contributed by atoms with van der Waals surface area (Å²) in [5.41, 5.74) is 2.49. The van der Waals surface area contributed by atoms with Crippen LogP contribution in [-0.4, -0.2) is 35.6 Å². The van der Waals surface area contributed by atoms with Crippen LogP contribution in [0.25, 0.3) is 21.8 Å². The average Bonchev–Trinajstić information content (AvgIpc) is 2.89. The second-order valence-corrected chi connectivity index (χ2v) is 8.60. The van der Waals surface area contributed by atoms with Crippen molar-refractivity contribution >= 4 is 27.7 Å². The first-order valence-corrected chi connectivity index (χ1v) is 12.1. The van der Waals surface area contributed by atoms with E-state index in [-0.39, 0.29) is 17.9 Å². The Morgan fingerprint density at radius 2 is 1.54 bits per heavy atom. The summed E-state index contributed by atoms with van der Waals surface area (Å²) in [7, 11) is 1.62. The zero-order valence-electron chi connectivity index (χ0n) is 20.6. The lowest BCUT2D eigenvalue weighted by molar-refractivity contribution is -0.132. The molecular formula is C29H32N2O4. The highest BCUT2D eigenvalue weighted by molar-refractivity contribution is 5.94. The fourth-order valence-corrected chi connectivity index (χ4v) is 4.41. The van der Waals surface area contributed by atoms with E-state index in [9.17, 15) is 9.59 Å². The van der Waals surface area contributed by atoms with Crippen LogP contribution in [0.15, 0.2) is 71.5 Å². The predicted octanol–water partition coefficient (Wildman–Crippen LogP) is 5.39. The third-order valence-electron chi connectivity index (χ3n) is 6.08. The van der Waals surface area contributed by atoms with Crippen LogP contribution < -0.4 is 14.9 Å². The molecule has 35 heavy (non-hydrogen) atoms. The molecule has 0 aliphatic carbocycles. The molecule has 0 atom stereocenters. The van der Waals surface area contributed by atoms with Gasteiger partial charge in [0.2, 0.25) is 5.91 Å². The topological polar surface area (TPSA) is 60.8 Å². The molecule has 0 saturated carbocycles. The van der Waals surface area contributed by atoms with Crippen LogP contribution in [0.1, 0.15) is 32.3 Å². The van der Waals surface area contributed by atoms with Crippen molar-refractivity contribution in [2.45, 2.75) is 39.8 Å². The minimum absolute atomic E-state index is 0.00363. The number of rotatable bonds is 10. The third-order valence-corrected chi connectivity index (χ3v) is 6.08. The average molecular weight is 473 g/mol. The highest BCUT2D eigenvalue weighted by atomic mass is 16.5. The summed E-state index contributed by atoms with van der Waals surface area (Å²) in [6, 6.07) is 20.8. The van der Waals surface area contributed by atoms with Crippen LogP contribution in [-0.2, 0) is 17.9 Å². The molecule has 0 bridgehead atoms. The van der Waals surface area contributed by atoms with Gasteiger partial charge in [0.05, 0.1) is 24.8 Å². The van der Waals surface area contributed by atoms with E-state index in [1.54, 1.807) is 7.11 Å². The van der Waals surface area contributed by atoms with Gasteiger partial charge >= 0.3 is 0 Å². The number of nitrogens with zero attached hydrogens (tertiary/aromatic N) is 2. The first-order valence-electron chi connectivity index (χ1n) is 12.1. The molecule has 0 fully saturated rings. The molecule has 4 aromatic rings. The van der Waals surface area contributed by atoms with Crippen LogP contribution in [0.2, 0.25) is 0 Å². The van der Waals surface area contributed by atoms with Gasteiger partial charge in [0, 0.05) is 23.9 Å². The molecule has 0 unspecified atom stereocenters. The van der Waals surface area contributed by atoms with Gasteiger partial charge in [0.15, 0.2) is 16.9 Å². The number of amides is 1. The molecule has 0 radical (unpaired) electrons. The second kappa shape index (κ2) is 11.1. The number of carbonyl (C=O) groups excluding carboxylic acids is 1. The summed E-state index contributed by atoms with van der Waals surface area (Å²) < 4.78 is 13.3. The minimum atomic E-state index is -0.0113. The van der Waals surface area contributed by atoms with Gasteiger partial charge in [-0.3, -0.25) is 9.59 Å². The first kappa shape index (κ1) is 24.3. The molecule has 6 nitrogen and oxygen atoms in total. The SMILES string of the molecule is CCCOc1ccc(CN(CCC)C(=O)Cn2c3ccccc3c(=O)c3ccccc32)cc1OC. The number of hydrogen-bond acceptors (Lipinski definition) is 4. The van der Waals surface area contributed by atoms with Gasteiger partial charge < -0.3 is 18.9 Å². The van der Waals surface area contributed by atoms with Crippen molar-refractivity contribution in [1.82, 2.24) is 9.47 Å². The molecule has 3 aromatic carbocycles. The maximum atomic E-state index is 13.6. The zero-order valence-corrected chi connectivity index (χ0v) is 20.6. The van der Waals surface area contributed by atoms with Crippen LogP contribution >= 0.6 is 0 Å². The molecule has 1 amide bonds. The Bertz CT molecular complexity index is 1330. The van der Waals surface area contributed by atoms with Crippen molar-refractivity contribution in [2.75, 3.05) is 20.3 Å². The Labute approximate surface area is 205 Å². The fourth-order valence-electron chi connectivity index (χ4n) is 4.41. The van der Waals surface area contributed by atoms with E-state index in [1.165, 1.54) is 0 Å². The molecule has 182 valence electrons. The van der Waals surface area contributed by atoms with Crippen molar-refractivity contribution in [1.29, 1.82) is 0 Å². The van der Waals surface area contributed by atoms with Gasteiger partial charge in [-0.2, -0.15) is 0 Å². The van der Waals surface area contributed by atoms with Gasteiger partial charge in [-0.1, -0.05) is 44.2 Å². The van der Waals surface area contributed by atoms with Crippen LogP contribution in [0.4, 0.5) is 0 Å². The highest BCUT2D eigenvalue weighted by Crippen LogP contribution is 2.29. The Morgan fingerprint density at radius 1 is 0.886 bits per heavy atom. The van der Waals surface area contributed by atoms with Crippen LogP contribution in [0, 0.1) is 0 Å². The normalized spacial score (nSPS) is 11.1. The van der Waals surface area contributed by atoms with Gasteiger partial charge in [-0.05, 0) is 54.8 Å². The van der Waals surface area contributed by atoms with E-state index in [4.69, 9.17) is 9.47 Å². The quantitative estimate of drug-likeness (QED) is 0.290. The smallest absolute Gasteiger partial charge is 0.242 e. The second-order valence-electron chi connectivity index (χ2n) is 8.60. The Morgan fingerprint density at radius 3 is 2.14 bits per heavy atom. The number of aromatic nitrogens is 1. The highest BCUT2D eigenvalue weighted by Gasteiger charge is 2.18. The monoisotopic (exact) mass is 472 g/mol. The summed E-state index contributed by atoms with van der Waals surface area (Å²) in [5, 5.41) is 1.24. The van der Waals surface area contributed by atoms with E-state index in [0.717, 1.165) is 29.4 Å². The molecule has 0 N–H and O–H groups in total. The summed E-state index contributed by atoms with van der Waals surface area (Å²) in [4.78, 5) is 28.5. The van der Waals surface area contributed by atoms with Crippen LogP contribution in [0.3, 0.4) is 0 Å². The molecule has 6 heteroatoms. The summed E-state index contributed by atoms with van der Waals surface area (Å²) in [5.74, 6) is 1.37. The van der Waals surface area contributed by atoms with E-state index >= 15 is 0 Å². The van der Waals surface area contributed by atoms with Gasteiger partial charge in [0.25, 0.3) is 0 Å². The van der Waals surface area contributed by atoms with E-state index in [0.29, 0.717) is 42.0 Å². The van der Waals surface area contributed by atoms with E-state index < -0.39 is 0 Å². The molecule has 0 aliphatic heterocycles. The standard InChI is InChI=1S/C29H32N2O4/c1-4-16-30(19-21-14-15-26(35-17-5-2)27(18-21)34-3)28(32)20-31-24-12-8-6-10-22(24)29(33)23-11-7-9-13-25(23)31/h6-15,18H,4-5,16-17,19-20H2,1-3H3. The molecule has 1 heterocycles. The third kappa shape index (κ3) is 5.16. The van der Waals surface area contributed by atoms with Crippen LogP contribution in [0.5, 0.6) is 11.5 Å². The number of hydrogen-bond donors (Lipinski definition) is 0. The van der Waals surface area contributed by atoms with Gasteiger partial charge in [-0.15, -0.1) is 0 Å². The maximum absolute atomic E-state index is 13.6. The first-order chi connectivity index (χ1) is 17.1. The molecule has 1 aromatic heterocycles. The zero-order chi connectivity index (χ0) is 24.8. The van der Waals surface area contributed by atoms with Crippen molar-refractivity contribution in [2.24, 2.45) is 0 Å². The van der Waals surface area contributed by atoms with E-state index in [2.05, 4.69) is 13.8 Å². The number of fused-ring (bicyclic) bond motifs is 2. The molecule has 0 aliphatic rings. The van der Waals surface area contributed by atoms with Crippen molar-refractivity contribution in [3.8, 4) is 11.5 Å². The lowest BCUT2D eigenvalue weighted by Gasteiger charge is -2.24. The van der Waals surface area contributed by atoms with Crippen molar-refractivity contribution < 1.29 is 14.3 Å². The lowest BCUT2D eigenvalue weighted by atomic mass is 10.1. The number of pyridine rings is 1. The minimum Gasteiger partial charge on any atom is -0.493 e. The number of ether oxygens (including phenoxy) is 2. The number of methoxy groups -OCH3 is 1. The molecule has 4 rings (SSSR count). The predicted molar refractivity (Wildman–Crippen MR) is 140 cm³/mol. The largest absolute Gasteiger partial charge is 0.493 e. The number of benzene rings is 3. The van der Waals surface area contributed by atoms with Gasteiger partial charge in [0.1, 0.15) is 6.54 Å². The number of para-hydroxylation sites is 2. The van der Waals surface area contributed by atoms with Crippen molar-refractivity contribution in [3.05, 3.63) is 82.5 Å². The Kier molecular flexibility index (Phi) is 7.70. The van der Waals surface area contributed by atoms with Crippen molar-refractivity contribution in [3.63, 3.8) is 0 Å². The fraction of sp³-hybridized carbons (Fsp3) is 0.310.